The molecular formula is C40H58ClN7O9. The molecule has 4 bridgehead atoms. The largest absolute Gasteiger partial charge is 0.507 e. The topological polar surface area (TPSA) is 249 Å². The van der Waals surface area contributed by atoms with Gasteiger partial charge >= 0.3 is 0 Å². The first-order valence-electron chi connectivity index (χ1n) is 19.3. The third-order valence-corrected chi connectivity index (χ3v) is 9.31. The number of hydrogen-bond acceptors (Lipinski definition) is 10. The summed E-state index contributed by atoms with van der Waals surface area (Å²) in [6.07, 6.45) is 7.64. The van der Waals surface area contributed by atoms with Crippen molar-refractivity contribution in [3.63, 3.8) is 0 Å². The van der Waals surface area contributed by atoms with Crippen LogP contribution in [0.5, 0.6) is 11.5 Å². The number of Topliss-reactive ketones (excluding diaryl/α,β-unsaturated/α-hetero) is 1. The van der Waals surface area contributed by atoms with Gasteiger partial charge in [0.2, 0.25) is 35.4 Å². The van der Waals surface area contributed by atoms with Crippen LogP contribution >= 0.6 is 11.6 Å². The van der Waals surface area contributed by atoms with E-state index in [2.05, 4.69) is 40.4 Å². The summed E-state index contributed by atoms with van der Waals surface area (Å²) in [5.41, 5.74) is 6.08. The van der Waals surface area contributed by atoms with Crippen molar-refractivity contribution in [3.8, 4) is 22.6 Å². The lowest BCUT2D eigenvalue weighted by molar-refractivity contribution is -0.140. The van der Waals surface area contributed by atoms with Crippen LogP contribution in [-0.4, -0.2) is 108 Å². The Labute approximate surface area is 339 Å². The minimum Gasteiger partial charge on any atom is -0.507 e. The number of carbonyl (C=O) groups is 7. The first-order valence-corrected chi connectivity index (χ1v) is 19.9. The van der Waals surface area contributed by atoms with Crippen LogP contribution in [0.4, 0.5) is 0 Å². The summed E-state index contributed by atoms with van der Waals surface area (Å²) in [6, 6.07) is 5.91. The molecule has 16 nitrogen and oxygen atoms in total. The highest BCUT2D eigenvalue weighted by Gasteiger charge is 2.31. The minimum atomic E-state index is -1.37. The number of nitrogens with zero attached hydrogens (tertiary/aromatic N) is 1. The fourth-order valence-electron chi connectivity index (χ4n) is 5.76. The molecule has 2 atom stereocenters. The van der Waals surface area contributed by atoms with Gasteiger partial charge in [-0.25, -0.2) is 0 Å². The summed E-state index contributed by atoms with van der Waals surface area (Å²) in [7, 11) is 1.33. The number of rotatable bonds is 18. The Kier molecular flexibility index (Phi) is 21.7. The molecule has 0 saturated heterocycles. The molecule has 0 aliphatic carbocycles. The molecule has 57 heavy (non-hydrogen) atoms. The number of aromatic hydroxyl groups is 2. The lowest BCUT2D eigenvalue weighted by Crippen LogP contribution is -2.52. The van der Waals surface area contributed by atoms with Gasteiger partial charge in [0.15, 0.2) is 5.78 Å². The molecule has 6 amide bonds. The maximum absolute atomic E-state index is 13.7. The summed E-state index contributed by atoms with van der Waals surface area (Å²) in [4.78, 5) is 90.3. The normalized spacial score (nSPS) is 15.0. The molecule has 0 spiro atoms. The number of unbranched alkanes of at least 4 members (excludes halogenated alkanes) is 5. The van der Waals surface area contributed by atoms with E-state index in [0.29, 0.717) is 12.0 Å². The van der Waals surface area contributed by atoms with Crippen LogP contribution in [0, 0.1) is 0 Å². The quantitative estimate of drug-likeness (QED) is 0.0804. The van der Waals surface area contributed by atoms with Gasteiger partial charge in [0.05, 0.1) is 25.5 Å². The van der Waals surface area contributed by atoms with Gasteiger partial charge in [-0.15, -0.1) is 11.6 Å². The zero-order valence-electron chi connectivity index (χ0n) is 33.1. The molecule has 0 aromatic heterocycles. The van der Waals surface area contributed by atoms with Crippen LogP contribution in [-0.2, 0) is 40.0 Å². The Balaban J connectivity index is 0.00000210. The van der Waals surface area contributed by atoms with Gasteiger partial charge in [-0.3, -0.25) is 33.6 Å². The van der Waals surface area contributed by atoms with Crippen molar-refractivity contribution in [1.82, 2.24) is 31.5 Å². The number of hydrogen-bond donors (Lipinski definition) is 8. The minimum absolute atomic E-state index is 0.0660. The number of halogens is 1. The van der Waals surface area contributed by atoms with Gasteiger partial charge in [0.25, 0.3) is 0 Å². The van der Waals surface area contributed by atoms with Crippen LogP contribution in [0.2, 0.25) is 0 Å². The van der Waals surface area contributed by atoms with Crippen LogP contribution in [0.3, 0.4) is 0 Å². The maximum atomic E-state index is 13.7. The predicted molar refractivity (Wildman–Crippen MR) is 216 cm³/mol. The van der Waals surface area contributed by atoms with Gasteiger partial charge in [0, 0.05) is 44.0 Å². The van der Waals surface area contributed by atoms with Crippen LogP contribution in [0.1, 0.15) is 88.8 Å². The third kappa shape index (κ3) is 16.8. The Hall–Kier alpha value is -5.22. The van der Waals surface area contributed by atoms with Gasteiger partial charge in [-0.2, -0.15) is 0 Å². The number of alkyl halides is 1. The van der Waals surface area contributed by atoms with E-state index in [1.807, 2.05) is 0 Å². The summed E-state index contributed by atoms with van der Waals surface area (Å²) >= 11 is 5.53. The van der Waals surface area contributed by atoms with E-state index in [1.54, 1.807) is 0 Å². The van der Waals surface area contributed by atoms with Gasteiger partial charge in [-0.1, -0.05) is 58.1 Å². The number of nitrogens with two attached hydrogens (primary N) is 1. The third-order valence-electron chi connectivity index (χ3n) is 9.02. The molecule has 2 unspecified atom stereocenters. The Bertz CT molecular complexity index is 1690. The maximum Gasteiger partial charge on any atom is 0.247 e. The Morgan fingerprint density at radius 2 is 1.49 bits per heavy atom. The Morgan fingerprint density at radius 3 is 2.14 bits per heavy atom. The zero-order valence-corrected chi connectivity index (χ0v) is 33.8. The summed E-state index contributed by atoms with van der Waals surface area (Å²) in [6.45, 7) is 3.74. The first kappa shape index (κ1) is 47.9. The number of phenolic OH excluding ortho intramolecular Hbond substituents is 2. The van der Waals surface area contributed by atoms with Crippen molar-refractivity contribution in [1.29, 1.82) is 0 Å². The van der Waals surface area contributed by atoms with E-state index >= 15 is 0 Å². The molecule has 3 rings (SSSR count). The van der Waals surface area contributed by atoms with Crippen LogP contribution in [0.25, 0.3) is 11.1 Å². The number of phenols is 2. The number of carbonyl (C=O) groups excluding carboxylic acids is 7. The van der Waals surface area contributed by atoms with Crippen molar-refractivity contribution in [2.24, 2.45) is 5.73 Å². The number of fused-ring (bicyclic) bond motifs is 5. The molecule has 1 heterocycles. The second kappa shape index (κ2) is 25.8. The molecule has 17 heteroatoms. The standard InChI is InChI=1S/C36H47ClN6O9.C4H11N/c1-3-4-5-6-7-8-30(47)38-14-13-31(48)39-21-33(50)43(2)34-23-10-12-29(46)26(17-23)25-15-22(9-11-28(25)45)16-27(35(51)40-19-24(44)18-37)42-32(49)20-41-36(34)52;1-2-3-4-5/h9-12,15,17,27,34,45-46H,3-8,13-14,16,18-21H2,1-2H3,(H,38,47)(H,39,48)(H,40,51)(H,41,52)(H,42,49);2-5H2,1H3. The molecule has 0 radical (unpaired) electrons. The monoisotopic (exact) mass is 815 g/mol. The molecule has 1 aliphatic heterocycles. The number of likely N-dealkylation sites (N-methyl/N-ethyl adjacent to an activating group) is 1. The van der Waals surface area contributed by atoms with Crippen molar-refractivity contribution >= 4 is 52.8 Å². The predicted octanol–water partition coefficient (Wildman–Crippen LogP) is 2.07. The van der Waals surface area contributed by atoms with E-state index in [9.17, 15) is 43.8 Å². The highest BCUT2D eigenvalue weighted by atomic mass is 35.5. The van der Waals surface area contributed by atoms with E-state index < -0.39 is 60.5 Å². The number of amides is 6. The molecule has 2 aromatic carbocycles. The highest BCUT2D eigenvalue weighted by Crippen LogP contribution is 2.38. The fourth-order valence-corrected chi connectivity index (χ4v) is 5.85. The fraction of sp³-hybridized carbons (Fsp3) is 0.525. The molecule has 0 saturated carbocycles. The molecule has 1 aliphatic rings. The van der Waals surface area contributed by atoms with Gasteiger partial charge < -0.3 is 47.4 Å². The lowest BCUT2D eigenvalue weighted by atomic mass is 9.94. The number of ketones is 1. The Morgan fingerprint density at radius 1 is 0.842 bits per heavy atom. The molecule has 0 fully saturated rings. The van der Waals surface area contributed by atoms with Crippen molar-refractivity contribution in [2.75, 3.05) is 45.7 Å². The highest BCUT2D eigenvalue weighted by molar-refractivity contribution is 6.28. The van der Waals surface area contributed by atoms with Gasteiger partial charge in [-0.05, 0) is 54.8 Å². The number of nitrogens with one attached hydrogen (secondary N) is 5. The molecule has 2 aromatic rings. The number of benzene rings is 2. The lowest BCUT2D eigenvalue weighted by Gasteiger charge is -2.29. The van der Waals surface area contributed by atoms with Crippen molar-refractivity contribution < 1.29 is 43.8 Å². The first-order chi connectivity index (χ1) is 27.3. The van der Waals surface area contributed by atoms with Crippen LogP contribution in [0.15, 0.2) is 36.4 Å². The molecule has 314 valence electrons. The average molecular weight is 816 g/mol. The summed E-state index contributed by atoms with van der Waals surface area (Å²) in [5.74, 6) is -4.83. The van der Waals surface area contributed by atoms with E-state index in [4.69, 9.17) is 17.3 Å². The summed E-state index contributed by atoms with van der Waals surface area (Å²) < 4.78 is 0. The zero-order chi connectivity index (χ0) is 42.3. The van der Waals surface area contributed by atoms with Gasteiger partial charge in [0.1, 0.15) is 23.6 Å². The smallest absolute Gasteiger partial charge is 0.247 e. The van der Waals surface area contributed by atoms with Crippen LogP contribution < -0.4 is 32.3 Å². The average Bonchev–Trinajstić information content (AvgIpc) is 3.19. The van der Waals surface area contributed by atoms with E-state index in [1.165, 1.54) is 56.3 Å². The van der Waals surface area contributed by atoms with E-state index in [0.717, 1.165) is 43.5 Å². The molecule has 9 N–H and O–H groups in total. The molecular weight excluding hydrogens is 758 g/mol. The SMILES string of the molecule is CCCCCCCC(=O)NCCC(=O)NCC(=O)N(C)C1C(=O)NCC(=O)NC(C(=O)NCC(=O)CCl)Cc2ccc(O)c(c2)-c2cc1ccc2O.CCCCN. The second-order valence-corrected chi connectivity index (χ2v) is 13.9. The van der Waals surface area contributed by atoms with E-state index in [-0.39, 0.29) is 65.9 Å². The second-order valence-electron chi connectivity index (χ2n) is 13.7. The summed E-state index contributed by atoms with van der Waals surface area (Å²) in [5, 5.41) is 34.2. The van der Waals surface area contributed by atoms with Crippen molar-refractivity contribution in [2.45, 2.75) is 90.1 Å². The van der Waals surface area contributed by atoms with Crippen molar-refractivity contribution in [3.05, 3.63) is 47.5 Å².